The van der Waals surface area contributed by atoms with Gasteiger partial charge in [-0.25, -0.2) is 13.6 Å². The fourth-order valence-electron chi connectivity index (χ4n) is 2.09. The lowest BCUT2D eigenvalue weighted by molar-refractivity contribution is -0.139. The summed E-state index contributed by atoms with van der Waals surface area (Å²) in [6.45, 7) is 1.90. The number of aliphatic carboxylic acids is 1. The molecule has 0 unspecified atom stereocenters. The van der Waals surface area contributed by atoms with Gasteiger partial charge in [0.2, 0.25) is 0 Å². The van der Waals surface area contributed by atoms with Crippen molar-refractivity contribution in [3.05, 3.63) is 70.8 Å². The number of rotatable bonds is 5. The maximum absolute atomic E-state index is 13.1. The number of hydrogen-bond donors (Lipinski definition) is 2. The largest absolute Gasteiger partial charge is 0.480 e. The fourth-order valence-corrected chi connectivity index (χ4v) is 2.09. The van der Waals surface area contributed by atoms with Gasteiger partial charge in [-0.2, -0.15) is 0 Å². The summed E-state index contributed by atoms with van der Waals surface area (Å²) < 4.78 is 26.3. The molecule has 4 nitrogen and oxygen atoms in total. The van der Waals surface area contributed by atoms with Crippen LogP contribution in [0.2, 0.25) is 0 Å². The maximum atomic E-state index is 13.1. The minimum Gasteiger partial charge on any atom is -0.480 e. The average molecular weight is 319 g/mol. The summed E-state index contributed by atoms with van der Waals surface area (Å²) in [4.78, 5) is 23.3. The smallest absolute Gasteiger partial charge is 0.326 e. The summed E-state index contributed by atoms with van der Waals surface area (Å²) in [6, 6.07) is 8.33. The second-order valence-corrected chi connectivity index (χ2v) is 5.21. The lowest BCUT2D eigenvalue weighted by atomic mass is 10.0. The number of carboxylic acids is 1. The van der Waals surface area contributed by atoms with E-state index in [1.807, 2.05) is 19.1 Å². The monoisotopic (exact) mass is 319 g/mol. The van der Waals surface area contributed by atoms with Crippen molar-refractivity contribution in [2.24, 2.45) is 0 Å². The zero-order valence-electron chi connectivity index (χ0n) is 12.3. The van der Waals surface area contributed by atoms with Gasteiger partial charge in [0.05, 0.1) is 0 Å². The predicted octanol–water partition coefficient (Wildman–Crippen LogP) is 2.70. The second kappa shape index (κ2) is 7.00. The van der Waals surface area contributed by atoms with Crippen LogP contribution in [0.4, 0.5) is 8.78 Å². The number of halogens is 2. The van der Waals surface area contributed by atoms with Crippen LogP contribution in [0.1, 0.15) is 21.5 Å². The Morgan fingerprint density at radius 3 is 2.17 bits per heavy atom. The molecule has 6 heteroatoms. The van der Waals surface area contributed by atoms with Gasteiger partial charge in [0.15, 0.2) is 0 Å². The topological polar surface area (TPSA) is 66.4 Å². The Balaban J connectivity index is 2.14. The normalized spacial score (nSPS) is 11.8. The van der Waals surface area contributed by atoms with Crippen LogP contribution in [0, 0.1) is 18.6 Å². The van der Waals surface area contributed by atoms with E-state index >= 15 is 0 Å². The van der Waals surface area contributed by atoms with Crippen LogP contribution in [-0.2, 0) is 11.2 Å². The van der Waals surface area contributed by atoms with Crippen LogP contribution < -0.4 is 5.32 Å². The zero-order valence-corrected chi connectivity index (χ0v) is 12.3. The number of benzene rings is 2. The molecule has 120 valence electrons. The molecule has 2 rings (SSSR count). The van der Waals surface area contributed by atoms with E-state index in [0.717, 1.165) is 23.3 Å². The van der Waals surface area contributed by atoms with Gasteiger partial charge in [-0.05, 0) is 24.6 Å². The van der Waals surface area contributed by atoms with Gasteiger partial charge >= 0.3 is 5.97 Å². The van der Waals surface area contributed by atoms with Gasteiger partial charge in [-0.15, -0.1) is 0 Å². The number of carbonyl (C=O) groups is 2. The Labute approximate surface area is 131 Å². The van der Waals surface area contributed by atoms with Crippen LogP contribution in [0.15, 0.2) is 42.5 Å². The van der Waals surface area contributed by atoms with E-state index in [1.165, 1.54) is 0 Å². The maximum Gasteiger partial charge on any atom is 0.326 e. The molecule has 23 heavy (non-hydrogen) atoms. The molecule has 0 saturated heterocycles. The molecule has 0 aromatic heterocycles. The third-order valence-corrected chi connectivity index (χ3v) is 3.29. The summed E-state index contributed by atoms with van der Waals surface area (Å²) in [6.07, 6.45) is 0.0686. The summed E-state index contributed by atoms with van der Waals surface area (Å²) in [7, 11) is 0. The molecule has 0 aliphatic carbocycles. The number of aryl methyl sites for hydroxylation is 1. The highest BCUT2D eigenvalue weighted by Crippen LogP contribution is 2.10. The molecular formula is C17H15F2NO3. The molecule has 0 bridgehead atoms. The zero-order chi connectivity index (χ0) is 17.0. The van der Waals surface area contributed by atoms with Crippen molar-refractivity contribution in [1.29, 1.82) is 0 Å². The molecule has 0 aliphatic heterocycles. The highest BCUT2D eigenvalue weighted by molar-refractivity contribution is 5.96. The van der Waals surface area contributed by atoms with Crippen molar-refractivity contribution >= 4 is 11.9 Å². The third-order valence-electron chi connectivity index (χ3n) is 3.29. The van der Waals surface area contributed by atoms with Crippen molar-refractivity contribution in [3.8, 4) is 0 Å². The predicted molar refractivity (Wildman–Crippen MR) is 80.1 cm³/mol. The molecule has 2 aromatic carbocycles. The first-order valence-electron chi connectivity index (χ1n) is 6.90. The summed E-state index contributed by atoms with van der Waals surface area (Å²) in [5.41, 5.74) is 1.49. The van der Waals surface area contributed by atoms with Crippen LogP contribution in [-0.4, -0.2) is 23.0 Å². The molecule has 0 saturated carbocycles. The molecule has 2 aromatic rings. The molecule has 0 fully saturated rings. The van der Waals surface area contributed by atoms with Crippen LogP contribution in [0.3, 0.4) is 0 Å². The SMILES string of the molecule is Cc1ccc(C[C@H](NC(=O)c2cc(F)cc(F)c2)C(=O)O)cc1. The summed E-state index contributed by atoms with van der Waals surface area (Å²) in [5, 5.41) is 11.5. The first-order valence-corrected chi connectivity index (χ1v) is 6.90. The van der Waals surface area contributed by atoms with Gasteiger partial charge in [0, 0.05) is 18.1 Å². The summed E-state index contributed by atoms with van der Waals surface area (Å²) >= 11 is 0. The van der Waals surface area contributed by atoms with Gasteiger partial charge in [-0.3, -0.25) is 4.79 Å². The van der Waals surface area contributed by atoms with Crippen LogP contribution in [0.5, 0.6) is 0 Å². The highest BCUT2D eigenvalue weighted by Gasteiger charge is 2.21. The first kappa shape index (κ1) is 16.6. The molecule has 0 radical (unpaired) electrons. The minimum absolute atomic E-state index is 0.0686. The quantitative estimate of drug-likeness (QED) is 0.890. The molecule has 0 spiro atoms. The lowest BCUT2D eigenvalue weighted by Crippen LogP contribution is -2.42. The number of hydrogen-bond acceptors (Lipinski definition) is 2. The second-order valence-electron chi connectivity index (χ2n) is 5.21. The van der Waals surface area contributed by atoms with E-state index in [4.69, 9.17) is 0 Å². The van der Waals surface area contributed by atoms with Crippen LogP contribution in [0.25, 0.3) is 0 Å². The van der Waals surface area contributed by atoms with Gasteiger partial charge in [0.1, 0.15) is 17.7 Å². The van der Waals surface area contributed by atoms with Crippen molar-refractivity contribution < 1.29 is 23.5 Å². The average Bonchev–Trinajstić information content (AvgIpc) is 2.47. The van der Waals surface area contributed by atoms with Crippen molar-refractivity contribution in [3.63, 3.8) is 0 Å². The van der Waals surface area contributed by atoms with E-state index < -0.39 is 29.6 Å². The minimum atomic E-state index is -1.23. The molecule has 1 atom stereocenters. The first-order chi connectivity index (χ1) is 10.8. The van der Waals surface area contributed by atoms with E-state index in [0.29, 0.717) is 6.07 Å². The number of carbonyl (C=O) groups excluding carboxylic acids is 1. The van der Waals surface area contributed by atoms with E-state index in [1.54, 1.807) is 12.1 Å². The standard InChI is InChI=1S/C17H15F2NO3/c1-10-2-4-11(5-3-10)6-15(17(22)23)20-16(21)12-7-13(18)9-14(19)8-12/h2-5,7-9,15H,6H2,1H3,(H,20,21)(H,22,23)/t15-/m0/s1. The van der Waals surface area contributed by atoms with Gasteiger partial charge in [-0.1, -0.05) is 29.8 Å². The fraction of sp³-hybridized carbons (Fsp3) is 0.176. The van der Waals surface area contributed by atoms with Crippen LogP contribution >= 0.6 is 0 Å². The highest BCUT2D eigenvalue weighted by atomic mass is 19.1. The third kappa shape index (κ3) is 4.60. The Hall–Kier alpha value is -2.76. The molecule has 2 N–H and O–H groups in total. The number of carboxylic acid groups (broad SMARTS) is 1. The molecule has 0 aliphatic rings. The van der Waals surface area contributed by atoms with Crippen molar-refractivity contribution in [2.75, 3.05) is 0 Å². The lowest BCUT2D eigenvalue weighted by Gasteiger charge is -2.15. The van der Waals surface area contributed by atoms with E-state index in [2.05, 4.69) is 5.32 Å². The Kier molecular flexibility index (Phi) is 5.05. The van der Waals surface area contributed by atoms with Gasteiger partial charge < -0.3 is 10.4 Å². The Morgan fingerprint density at radius 1 is 1.09 bits per heavy atom. The Morgan fingerprint density at radius 2 is 1.65 bits per heavy atom. The molecule has 1 amide bonds. The van der Waals surface area contributed by atoms with Gasteiger partial charge in [0.25, 0.3) is 5.91 Å². The molecular weight excluding hydrogens is 304 g/mol. The number of nitrogens with one attached hydrogen (secondary N) is 1. The summed E-state index contributed by atoms with van der Waals surface area (Å²) in [5.74, 6) is -3.88. The molecule has 0 heterocycles. The number of amides is 1. The van der Waals surface area contributed by atoms with E-state index in [-0.39, 0.29) is 12.0 Å². The van der Waals surface area contributed by atoms with Crippen molar-refractivity contribution in [2.45, 2.75) is 19.4 Å². The van der Waals surface area contributed by atoms with E-state index in [9.17, 15) is 23.5 Å². The van der Waals surface area contributed by atoms with Crippen molar-refractivity contribution in [1.82, 2.24) is 5.32 Å². The Bertz CT molecular complexity index is 709.